The number of amides is 1. The summed E-state index contributed by atoms with van der Waals surface area (Å²) >= 11 is 3.15. The lowest BCUT2D eigenvalue weighted by atomic mass is 10.1. The highest BCUT2D eigenvalue weighted by molar-refractivity contribution is 8.00. The van der Waals surface area contributed by atoms with E-state index in [2.05, 4.69) is 31.5 Å². The number of rotatable bonds is 7. The van der Waals surface area contributed by atoms with Crippen molar-refractivity contribution in [1.82, 2.24) is 20.1 Å². The molecule has 140 valence electrons. The molecule has 27 heavy (non-hydrogen) atoms. The SMILES string of the molecule is C[C@H](Sc1nnc(-c2cccs2)n1C1CC1)C(=O)N[C@H](C)c1ccccc1. The quantitative estimate of drug-likeness (QED) is 0.586. The molecule has 2 atom stereocenters. The van der Waals surface area contributed by atoms with E-state index in [1.54, 1.807) is 11.3 Å². The van der Waals surface area contributed by atoms with Crippen LogP contribution in [-0.2, 0) is 4.79 Å². The van der Waals surface area contributed by atoms with E-state index in [1.165, 1.54) is 11.8 Å². The van der Waals surface area contributed by atoms with Gasteiger partial charge in [-0.15, -0.1) is 21.5 Å². The zero-order valence-corrected chi connectivity index (χ0v) is 17.0. The Morgan fingerprint density at radius 1 is 1.19 bits per heavy atom. The normalized spacial score (nSPS) is 16.1. The van der Waals surface area contributed by atoms with Gasteiger partial charge < -0.3 is 5.32 Å². The average molecular weight is 399 g/mol. The van der Waals surface area contributed by atoms with Gasteiger partial charge in [-0.2, -0.15) is 0 Å². The standard InChI is InChI=1S/C20H22N4OS2/c1-13(15-7-4-3-5-8-15)21-19(25)14(2)27-20-23-22-18(17-9-6-12-26-17)24(20)16-10-11-16/h3-9,12-14,16H,10-11H2,1-2H3,(H,21,25)/t13-,14+/m1/s1. The fourth-order valence-electron chi connectivity index (χ4n) is 2.96. The van der Waals surface area contributed by atoms with E-state index in [-0.39, 0.29) is 17.2 Å². The molecule has 1 N–H and O–H groups in total. The maximum absolute atomic E-state index is 12.7. The predicted octanol–water partition coefficient (Wildman–Crippen LogP) is 4.70. The van der Waals surface area contributed by atoms with Crippen molar-refractivity contribution in [2.24, 2.45) is 0 Å². The van der Waals surface area contributed by atoms with E-state index < -0.39 is 0 Å². The Balaban J connectivity index is 1.46. The summed E-state index contributed by atoms with van der Waals surface area (Å²) in [7, 11) is 0. The molecule has 1 amide bonds. The summed E-state index contributed by atoms with van der Waals surface area (Å²) in [5, 5.41) is 14.5. The van der Waals surface area contributed by atoms with Crippen molar-refractivity contribution in [2.75, 3.05) is 0 Å². The van der Waals surface area contributed by atoms with Crippen LogP contribution in [0, 0.1) is 0 Å². The van der Waals surface area contributed by atoms with Gasteiger partial charge in [-0.05, 0) is 43.7 Å². The molecule has 5 nitrogen and oxygen atoms in total. The van der Waals surface area contributed by atoms with Crippen LogP contribution in [0.4, 0.5) is 0 Å². The molecule has 2 heterocycles. The number of hydrogen-bond donors (Lipinski definition) is 1. The van der Waals surface area contributed by atoms with Gasteiger partial charge in [0.1, 0.15) is 0 Å². The van der Waals surface area contributed by atoms with Crippen molar-refractivity contribution in [3.05, 3.63) is 53.4 Å². The fraction of sp³-hybridized carbons (Fsp3) is 0.350. The second kappa shape index (κ2) is 7.86. The third-order valence-electron chi connectivity index (χ3n) is 4.63. The van der Waals surface area contributed by atoms with Crippen molar-refractivity contribution in [1.29, 1.82) is 0 Å². The number of aromatic nitrogens is 3. The molecule has 1 saturated carbocycles. The monoisotopic (exact) mass is 398 g/mol. The summed E-state index contributed by atoms with van der Waals surface area (Å²) in [6, 6.07) is 14.5. The first-order chi connectivity index (χ1) is 13.1. The van der Waals surface area contributed by atoms with Crippen LogP contribution in [0.1, 0.15) is 44.3 Å². The summed E-state index contributed by atoms with van der Waals surface area (Å²) in [6.45, 7) is 3.93. The van der Waals surface area contributed by atoms with Crippen LogP contribution in [0.3, 0.4) is 0 Å². The Kier molecular flexibility index (Phi) is 5.31. The topological polar surface area (TPSA) is 59.8 Å². The Morgan fingerprint density at radius 3 is 2.63 bits per heavy atom. The predicted molar refractivity (Wildman–Crippen MR) is 110 cm³/mol. The smallest absolute Gasteiger partial charge is 0.233 e. The molecule has 0 aliphatic heterocycles. The number of carbonyl (C=O) groups is 1. The van der Waals surface area contributed by atoms with Gasteiger partial charge in [0, 0.05) is 6.04 Å². The van der Waals surface area contributed by atoms with Gasteiger partial charge in [0.05, 0.1) is 16.2 Å². The third kappa shape index (κ3) is 4.09. The van der Waals surface area contributed by atoms with E-state index in [1.807, 2.05) is 50.2 Å². The second-order valence-electron chi connectivity index (χ2n) is 6.79. The number of thiophene rings is 1. The molecule has 0 radical (unpaired) electrons. The minimum Gasteiger partial charge on any atom is -0.349 e. The van der Waals surface area contributed by atoms with E-state index in [4.69, 9.17) is 0 Å². The molecular weight excluding hydrogens is 376 g/mol. The summed E-state index contributed by atoms with van der Waals surface area (Å²) in [5.74, 6) is 0.930. The largest absolute Gasteiger partial charge is 0.349 e. The van der Waals surface area contributed by atoms with Gasteiger partial charge in [0.2, 0.25) is 5.91 Å². The second-order valence-corrected chi connectivity index (χ2v) is 9.04. The molecule has 7 heteroatoms. The van der Waals surface area contributed by atoms with E-state index >= 15 is 0 Å². The first-order valence-electron chi connectivity index (χ1n) is 9.14. The molecule has 2 aromatic heterocycles. The summed E-state index contributed by atoms with van der Waals surface area (Å²) < 4.78 is 2.21. The molecule has 4 rings (SSSR count). The van der Waals surface area contributed by atoms with Gasteiger partial charge in [0.25, 0.3) is 0 Å². The van der Waals surface area contributed by atoms with Crippen molar-refractivity contribution >= 4 is 29.0 Å². The number of hydrogen-bond acceptors (Lipinski definition) is 5. The molecule has 0 bridgehead atoms. The highest BCUT2D eigenvalue weighted by Gasteiger charge is 2.32. The van der Waals surface area contributed by atoms with E-state index in [9.17, 15) is 4.79 Å². The highest BCUT2D eigenvalue weighted by Crippen LogP contribution is 2.42. The molecule has 0 unspecified atom stereocenters. The molecule has 1 aliphatic carbocycles. The number of benzene rings is 1. The van der Waals surface area contributed by atoms with Gasteiger partial charge >= 0.3 is 0 Å². The maximum Gasteiger partial charge on any atom is 0.233 e. The minimum atomic E-state index is -0.242. The lowest BCUT2D eigenvalue weighted by Gasteiger charge is -2.18. The Bertz CT molecular complexity index is 903. The Hall–Kier alpha value is -2.12. The summed E-state index contributed by atoms with van der Waals surface area (Å²) in [5.41, 5.74) is 1.10. The van der Waals surface area contributed by atoms with Crippen molar-refractivity contribution in [3.8, 4) is 10.7 Å². The number of thioether (sulfide) groups is 1. The van der Waals surface area contributed by atoms with Gasteiger partial charge in [0.15, 0.2) is 11.0 Å². The van der Waals surface area contributed by atoms with Crippen LogP contribution in [0.15, 0.2) is 53.0 Å². The molecule has 0 saturated heterocycles. The third-order valence-corrected chi connectivity index (χ3v) is 6.55. The molecule has 1 aliphatic rings. The molecular formula is C20H22N4OS2. The van der Waals surface area contributed by atoms with Crippen molar-refractivity contribution in [3.63, 3.8) is 0 Å². The van der Waals surface area contributed by atoms with Gasteiger partial charge in [-0.1, -0.05) is 48.2 Å². The number of nitrogens with one attached hydrogen (secondary N) is 1. The minimum absolute atomic E-state index is 0.0133. The molecule has 0 spiro atoms. The van der Waals surface area contributed by atoms with Crippen LogP contribution in [0.2, 0.25) is 0 Å². The van der Waals surface area contributed by atoms with Crippen LogP contribution in [0.5, 0.6) is 0 Å². The summed E-state index contributed by atoms with van der Waals surface area (Å²) in [6.07, 6.45) is 2.30. The molecule has 3 aromatic rings. The van der Waals surface area contributed by atoms with Crippen LogP contribution in [-0.4, -0.2) is 25.9 Å². The zero-order valence-electron chi connectivity index (χ0n) is 15.3. The van der Waals surface area contributed by atoms with E-state index in [0.717, 1.165) is 34.3 Å². The fourth-order valence-corrected chi connectivity index (χ4v) is 4.59. The average Bonchev–Trinajstić information content (AvgIpc) is 3.20. The zero-order chi connectivity index (χ0) is 18.8. The first-order valence-corrected chi connectivity index (χ1v) is 10.9. The van der Waals surface area contributed by atoms with Gasteiger partial charge in [-0.3, -0.25) is 9.36 Å². The van der Waals surface area contributed by atoms with Gasteiger partial charge in [-0.25, -0.2) is 0 Å². The van der Waals surface area contributed by atoms with Crippen LogP contribution < -0.4 is 5.32 Å². The lowest BCUT2D eigenvalue weighted by Crippen LogP contribution is -2.33. The van der Waals surface area contributed by atoms with Crippen molar-refractivity contribution < 1.29 is 4.79 Å². The summed E-state index contributed by atoms with van der Waals surface area (Å²) in [4.78, 5) is 13.8. The van der Waals surface area contributed by atoms with Crippen molar-refractivity contribution in [2.45, 2.75) is 49.2 Å². The Labute approximate surface area is 167 Å². The highest BCUT2D eigenvalue weighted by atomic mass is 32.2. The van der Waals surface area contributed by atoms with E-state index in [0.29, 0.717) is 6.04 Å². The van der Waals surface area contributed by atoms with Crippen LogP contribution >= 0.6 is 23.1 Å². The number of carbonyl (C=O) groups excluding carboxylic acids is 1. The first kappa shape index (κ1) is 18.3. The number of nitrogens with zero attached hydrogens (tertiary/aromatic N) is 3. The van der Waals surface area contributed by atoms with Crippen LogP contribution in [0.25, 0.3) is 10.7 Å². The lowest BCUT2D eigenvalue weighted by molar-refractivity contribution is -0.120. The molecule has 1 fully saturated rings. The Morgan fingerprint density at radius 2 is 1.96 bits per heavy atom. The molecule has 1 aromatic carbocycles. The maximum atomic E-state index is 12.7.